The molecule has 3 heteroatoms. The molecular weight excluding hydrogens is 312 g/mol. The fourth-order valence-corrected chi connectivity index (χ4v) is 2.65. The van der Waals surface area contributed by atoms with E-state index in [0.717, 1.165) is 57.8 Å². The highest BCUT2D eigenvalue weighted by Crippen LogP contribution is 2.30. The molecule has 1 N–H and O–H groups in total. The summed E-state index contributed by atoms with van der Waals surface area (Å²) in [7, 11) is 0. The molecular formula is C22H34O3. The normalized spacial score (nSPS) is 20.5. The van der Waals surface area contributed by atoms with Gasteiger partial charge in [-0.2, -0.15) is 0 Å². The monoisotopic (exact) mass is 346 g/mol. The number of ether oxygens (including phenoxy) is 1. The number of unbranched alkanes of at least 4 members (excludes halogenated alkanes) is 2. The summed E-state index contributed by atoms with van der Waals surface area (Å²) in [4.78, 5) is 10.4. The number of allylic oxidation sites excluding steroid dienone is 7. The summed E-state index contributed by atoms with van der Waals surface area (Å²) >= 11 is 0. The SMILES string of the molecule is CC/C=C\C/C=C\C/C=C\C/C=C\CC1OC1CCCCCC(=O)O. The number of hydrogen-bond acceptors (Lipinski definition) is 2. The summed E-state index contributed by atoms with van der Waals surface area (Å²) in [6.07, 6.45) is 27.7. The van der Waals surface area contributed by atoms with Crippen molar-refractivity contribution >= 4 is 5.97 Å². The first-order chi connectivity index (χ1) is 12.2. The molecule has 1 aliphatic heterocycles. The number of carbonyl (C=O) groups is 1. The van der Waals surface area contributed by atoms with Crippen LogP contribution in [-0.4, -0.2) is 23.3 Å². The van der Waals surface area contributed by atoms with Crippen molar-refractivity contribution in [2.45, 2.75) is 83.3 Å². The minimum Gasteiger partial charge on any atom is -0.481 e. The summed E-state index contributed by atoms with van der Waals surface area (Å²) in [6, 6.07) is 0. The molecule has 0 bridgehead atoms. The average Bonchev–Trinajstić information content (AvgIpc) is 3.33. The van der Waals surface area contributed by atoms with Gasteiger partial charge < -0.3 is 9.84 Å². The van der Waals surface area contributed by atoms with Crippen molar-refractivity contribution < 1.29 is 14.6 Å². The van der Waals surface area contributed by atoms with Gasteiger partial charge in [-0.1, -0.05) is 68.4 Å². The third-order valence-electron chi connectivity index (χ3n) is 4.15. The second-order valence-corrected chi connectivity index (χ2v) is 6.44. The van der Waals surface area contributed by atoms with E-state index in [-0.39, 0.29) is 6.42 Å². The van der Waals surface area contributed by atoms with Crippen LogP contribution in [0.2, 0.25) is 0 Å². The smallest absolute Gasteiger partial charge is 0.303 e. The lowest BCUT2D eigenvalue weighted by molar-refractivity contribution is -0.137. The van der Waals surface area contributed by atoms with E-state index >= 15 is 0 Å². The first-order valence-electron chi connectivity index (χ1n) is 9.71. The van der Waals surface area contributed by atoms with Crippen molar-refractivity contribution in [2.24, 2.45) is 0 Å². The van der Waals surface area contributed by atoms with Crippen molar-refractivity contribution in [2.75, 3.05) is 0 Å². The summed E-state index contributed by atoms with van der Waals surface area (Å²) < 4.78 is 5.64. The summed E-state index contributed by atoms with van der Waals surface area (Å²) in [5.74, 6) is -0.695. The number of carboxylic acid groups (broad SMARTS) is 1. The van der Waals surface area contributed by atoms with Gasteiger partial charge in [0, 0.05) is 6.42 Å². The molecule has 0 aromatic rings. The number of epoxide rings is 1. The maximum atomic E-state index is 10.4. The molecule has 25 heavy (non-hydrogen) atoms. The van der Waals surface area contributed by atoms with Crippen LogP contribution in [0.1, 0.15) is 71.1 Å². The largest absolute Gasteiger partial charge is 0.481 e. The Morgan fingerprint density at radius 3 is 2.04 bits per heavy atom. The van der Waals surface area contributed by atoms with E-state index < -0.39 is 5.97 Å². The van der Waals surface area contributed by atoms with E-state index in [1.165, 1.54) is 0 Å². The summed E-state index contributed by atoms with van der Waals surface area (Å²) in [5.41, 5.74) is 0. The first-order valence-corrected chi connectivity index (χ1v) is 9.71. The van der Waals surface area contributed by atoms with Crippen LogP contribution in [0, 0.1) is 0 Å². The molecule has 3 nitrogen and oxygen atoms in total. The predicted molar refractivity (Wildman–Crippen MR) is 105 cm³/mol. The zero-order valence-electron chi connectivity index (χ0n) is 15.6. The van der Waals surface area contributed by atoms with Gasteiger partial charge >= 0.3 is 5.97 Å². The van der Waals surface area contributed by atoms with Crippen LogP contribution in [0.15, 0.2) is 48.6 Å². The minimum absolute atomic E-state index is 0.289. The summed E-state index contributed by atoms with van der Waals surface area (Å²) in [5, 5.41) is 8.57. The molecule has 0 radical (unpaired) electrons. The Balaban J connectivity index is 1.91. The lowest BCUT2D eigenvalue weighted by Crippen LogP contribution is -1.95. The molecule has 1 heterocycles. The van der Waals surface area contributed by atoms with Crippen molar-refractivity contribution in [1.29, 1.82) is 0 Å². The Morgan fingerprint density at radius 1 is 0.840 bits per heavy atom. The van der Waals surface area contributed by atoms with E-state index in [4.69, 9.17) is 9.84 Å². The molecule has 0 aromatic heterocycles. The van der Waals surface area contributed by atoms with Crippen LogP contribution in [0.4, 0.5) is 0 Å². The Morgan fingerprint density at radius 2 is 1.44 bits per heavy atom. The van der Waals surface area contributed by atoms with Crippen molar-refractivity contribution in [3.05, 3.63) is 48.6 Å². The number of hydrogen-bond donors (Lipinski definition) is 1. The third kappa shape index (κ3) is 13.4. The van der Waals surface area contributed by atoms with E-state index in [9.17, 15) is 4.79 Å². The Kier molecular flexibility index (Phi) is 12.6. The second kappa shape index (κ2) is 14.7. The Bertz CT molecular complexity index is 460. The van der Waals surface area contributed by atoms with E-state index in [2.05, 4.69) is 55.5 Å². The van der Waals surface area contributed by atoms with Crippen LogP contribution >= 0.6 is 0 Å². The molecule has 1 fully saturated rings. The molecule has 2 atom stereocenters. The van der Waals surface area contributed by atoms with Crippen LogP contribution in [-0.2, 0) is 9.53 Å². The molecule has 0 amide bonds. The molecule has 1 saturated heterocycles. The average molecular weight is 347 g/mol. The van der Waals surface area contributed by atoms with Gasteiger partial charge in [0.05, 0.1) is 12.2 Å². The van der Waals surface area contributed by atoms with Crippen molar-refractivity contribution in [3.8, 4) is 0 Å². The topological polar surface area (TPSA) is 49.8 Å². The molecule has 2 unspecified atom stereocenters. The summed E-state index contributed by atoms with van der Waals surface area (Å²) in [6.45, 7) is 2.15. The van der Waals surface area contributed by atoms with E-state index in [1.807, 2.05) is 0 Å². The second-order valence-electron chi connectivity index (χ2n) is 6.44. The zero-order chi connectivity index (χ0) is 18.2. The van der Waals surface area contributed by atoms with Crippen molar-refractivity contribution in [3.63, 3.8) is 0 Å². The number of rotatable bonds is 15. The van der Waals surface area contributed by atoms with Gasteiger partial charge in [0.1, 0.15) is 0 Å². The fourth-order valence-electron chi connectivity index (χ4n) is 2.65. The maximum Gasteiger partial charge on any atom is 0.303 e. The van der Waals surface area contributed by atoms with Gasteiger partial charge in [-0.15, -0.1) is 0 Å². The molecule has 140 valence electrons. The van der Waals surface area contributed by atoms with Crippen LogP contribution in [0.5, 0.6) is 0 Å². The molecule has 0 spiro atoms. The fraction of sp³-hybridized carbons (Fsp3) is 0.591. The highest BCUT2D eigenvalue weighted by Gasteiger charge is 2.36. The standard InChI is InChI=1S/C22H34O3/c1-2-3-4-5-6-7-8-9-10-11-12-14-17-20-21(25-20)18-15-13-16-19-22(23)24/h3-4,6-7,9-10,12,14,20-21H,2,5,8,11,13,15-19H2,1H3,(H,23,24)/b4-3-,7-6-,10-9-,14-12-. The zero-order valence-corrected chi connectivity index (χ0v) is 15.6. The molecule has 1 rings (SSSR count). The van der Waals surface area contributed by atoms with Crippen molar-refractivity contribution in [1.82, 2.24) is 0 Å². The van der Waals surface area contributed by atoms with Crippen LogP contribution < -0.4 is 0 Å². The lowest BCUT2D eigenvalue weighted by atomic mass is 10.1. The molecule has 0 aliphatic carbocycles. The lowest BCUT2D eigenvalue weighted by Gasteiger charge is -1.96. The third-order valence-corrected chi connectivity index (χ3v) is 4.15. The maximum absolute atomic E-state index is 10.4. The van der Waals surface area contributed by atoms with Crippen LogP contribution in [0.3, 0.4) is 0 Å². The van der Waals surface area contributed by atoms with Gasteiger partial charge in [0.15, 0.2) is 0 Å². The Labute approximate surface area is 153 Å². The van der Waals surface area contributed by atoms with Gasteiger partial charge in [-0.3, -0.25) is 4.79 Å². The van der Waals surface area contributed by atoms with Gasteiger partial charge in [0.25, 0.3) is 0 Å². The Hall–Kier alpha value is -1.61. The van der Waals surface area contributed by atoms with Gasteiger partial charge in [-0.25, -0.2) is 0 Å². The number of carboxylic acids is 1. The highest BCUT2D eigenvalue weighted by molar-refractivity contribution is 5.66. The van der Waals surface area contributed by atoms with E-state index in [1.54, 1.807) is 0 Å². The van der Waals surface area contributed by atoms with Crippen LogP contribution in [0.25, 0.3) is 0 Å². The minimum atomic E-state index is -0.695. The first kappa shape index (κ1) is 21.4. The quantitative estimate of drug-likeness (QED) is 0.225. The van der Waals surface area contributed by atoms with Gasteiger partial charge in [0.2, 0.25) is 0 Å². The highest BCUT2D eigenvalue weighted by atomic mass is 16.6. The van der Waals surface area contributed by atoms with E-state index in [0.29, 0.717) is 12.2 Å². The molecule has 0 saturated carbocycles. The van der Waals surface area contributed by atoms with Gasteiger partial charge in [-0.05, 0) is 44.9 Å². The molecule has 0 aromatic carbocycles. The molecule has 1 aliphatic rings. The number of aliphatic carboxylic acids is 1. The predicted octanol–water partition coefficient (Wildman–Crippen LogP) is 5.98.